The van der Waals surface area contributed by atoms with E-state index in [4.69, 9.17) is 16.3 Å². The van der Waals surface area contributed by atoms with Crippen LogP contribution in [0.15, 0.2) is 40.3 Å². The number of amides is 2. The first-order valence-electron chi connectivity index (χ1n) is 9.41. The summed E-state index contributed by atoms with van der Waals surface area (Å²) in [5.41, 5.74) is 1.88. The highest BCUT2D eigenvalue weighted by molar-refractivity contribution is 8.14. The molecular formula is C21H20ClN3O3S2. The number of thioether (sulfide) groups is 1. The molecule has 1 saturated carbocycles. The molecule has 0 radical (unpaired) electrons. The van der Waals surface area contributed by atoms with E-state index in [1.165, 1.54) is 23.8 Å². The standard InChI is InChI=1S/C21H20ClN3O3S2/c1-12-7-8-29-18(12)10-15-20(27)25(16-9-13(22)3-6-17(16)28-2)21(24-15)30-11-19(26)23-14-4-5-14/h3,6-10,14H,4-5,11H2,1-2H3,(H,23,26)/b15-10-. The number of methoxy groups -OCH3 is 1. The minimum Gasteiger partial charge on any atom is -0.495 e. The van der Waals surface area contributed by atoms with Gasteiger partial charge >= 0.3 is 0 Å². The fourth-order valence-electron chi connectivity index (χ4n) is 2.93. The Hall–Kier alpha value is -2.29. The highest BCUT2D eigenvalue weighted by Crippen LogP contribution is 2.37. The molecule has 1 N–H and O–H groups in total. The smallest absolute Gasteiger partial charge is 0.283 e. The largest absolute Gasteiger partial charge is 0.495 e. The number of thiophene rings is 1. The van der Waals surface area contributed by atoms with Crippen molar-refractivity contribution in [2.45, 2.75) is 25.8 Å². The van der Waals surface area contributed by atoms with E-state index >= 15 is 0 Å². The van der Waals surface area contributed by atoms with E-state index in [1.807, 2.05) is 18.4 Å². The van der Waals surface area contributed by atoms with Gasteiger partial charge in [0, 0.05) is 15.9 Å². The van der Waals surface area contributed by atoms with Gasteiger partial charge in [-0.15, -0.1) is 11.3 Å². The van der Waals surface area contributed by atoms with Gasteiger partial charge in [0.05, 0.1) is 18.6 Å². The summed E-state index contributed by atoms with van der Waals surface area (Å²) >= 11 is 8.96. The Balaban J connectivity index is 1.67. The number of anilines is 1. The summed E-state index contributed by atoms with van der Waals surface area (Å²) in [5, 5.41) is 5.82. The Morgan fingerprint density at radius 3 is 2.90 bits per heavy atom. The van der Waals surface area contributed by atoms with E-state index in [2.05, 4.69) is 10.3 Å². The molecule has 156 valence electrons. The molecule has 6 nitrogen and oxygen atoms in total. The summed E-state index contributed by atoms with van der Waals surface area (Å²) < 4.78 is 5.44. The summed E-state index contributed by atoms with van der Waals surface area (Å²) in [5.74, 6) is 0.320. The highest BCUT2D eigenvalue weighted by Gasteiger charge is 2.35. The molecule has 0 atom stereocenters. The second-order valence-corrected chi connectivity index (χ2v) is 9.31. The van der Waals surface area contributed by atoms with Crippen LogP contribution < -0.4 is 15.0 Å². The van der Waals surface area contributed by atoms with Crippen LogP contribution in [0.2, 0.25) is 5.02 Å². The third-order valence-corrected chi connectivity index (χ3v) is 6.80. The topological polar surface area (TPSA) is 71.0 Å². The molecule has 2 amide bonds. The van der Waals surface area contributed by atoms with Crippen LogP contribution in [0.1, 0.15) is 23.3 Å². The lowest BCUT2D eigenvalue weighted by molar-refractivity contribution is -0.118. The van der Waals surface area contributed by atoms with Gasteiger partial charge in [0.1, 0.15) is 11.4 Å². The van der Waals surface area contributed by atoms with E-state index in [-0.39, 0.29) is 23.6 Å². The number of amidine groups is 1. The van der Waals surface area contributed by atoms with Crippen LogP contribution in [-0.4, -0.2) is 35.9 Å². The summed E-state index contributed by atoms with van der Waals surface area (Å²) in [6.45, 7) is 1.99. The normalized spacial score (nSPS) is 17.4. The SMILES string of the molecule is COc1ccc(Cl)cc1N1C(=O)/C(=C/c2sccc2C)N=C1SCC(=O)NC1CC1. The summed E-state index contributed by atoms with van der Waals surface area (Å²) in [7, 11) is 1.53. The Kier molecular flexibility index (Phi) is 6.17. The number of halogens is 1. The lowest BCUT2D eigenvalue weighted by Crippen LogP contribution is -2.33. The van der Waals surface area contributed by atoms with Gasteiger partial charge in [-0.2, -0.15) is 0 Å². The van der Waals surface area contributed by atoms with Gasteiger partial charge in [-0.1, -0.05) is 23.4 Å². The van der Waals surface area contributed by atoms with Gasteiger partial charge in [0.25, 0.3) is 5.91 Å². The Morgan fingerprint density at radius 1 is 1.43 bits per heavy atom. The zero-order chi connectivity index (χ0) is 21.3. The van der Waals surface area contributed by atoms with Crippen LogP contribution in [0.4, 0.5) is 5.69 Å². The molecule has 2 aliphatic rings. The minimum absolute atomic E-state index is 0.0674. The number of aliphatic imine (C=N–C) groups is 1. The van der Waals surface area contributed by atoms with Crippen LogP contribution in [0.5, 0.6) is 5.75 Å². The summed E-state index contributed by atoms with van der Waals surface area (Å²) in [4.78, 5) is 32.5. The van der Waals surface area contributed by atoms with Crippen molar-refractivity contribution in [2.24, 2.45) is 4.99 Å². The van der Waals surface area contributed by atoms with E-state index < -0.39 is 0 Å². The van der Waals surface area contributed by atoms with Crippen LogP contribution in [0.3, 0.4) is 0 Å². The van der Waals surface area contributed by atoms with Gasteiger partial charge in [-0.3, -0.25) is 9.59 Å². The maximum Gasteiger partial charge on any atom is 0.283 e. The molecule has 4 rings (SSSR count). The van der Waals surface area contributed by atoms with E-state index in [0.717, 1.165) is 23.3 Å². The molecule has 9 heteroatoms. The fourth-order valence-corrected chi connectivity index (χ4v) is 4.76. The second kappa shape index (κ2) is 8.83. The lowest BCUT2D eigenvalue weighted by atomic mass is 10.2. The molecule has 0 bridgehead atoms. The first kappa shape index (κ1) is 21.0. The first-order valence-corrected chi connectivity index (χ1v) is 11.6. The van der Waals surface area contributed by atoms with Crippen LogP contribution in [0, 0.1) is 6.92 Å². The van der Waals surface area contributed by atoms with Crippen LogP contribution >= 0.6 is 34.7 Å². The molecular weight excluding hydrogens is 442 g/mol. The van der Waals surface area contributed by atoms with Gasteiger partial charge in [-0.05, 0) is 61.1 Å². The average Bonchev–Trinajstić information content (AvgIpc) is 3.36. The Bertz CT molecular complexity index is 1060. The maximum absolute atomic E-state index is 13.3. The zero-order valence-corrected chi connectivity index (χ0v) is 18.9. The minimum atomic E-state index is -0.284. The lowest BCUT2D eigenvalue weighted by Gasteiger charge is -2.20. The van der Waals surface area contributed by atoms with Crippen molar-refractivity contribution in [3.63, 3.8) is 0 Å². The molecule has 1 fully saturated rings. The van der Waals surface area contributed by atoms with Crippen LogP contribution in [0.25, 0.3) is 6.08 Å². The van der Waals surface area contributed by atoms with Crippen molar-refractivity contribution in [3.05, 3.63) is 50.8 Å². The number of benzene rings is 1. The number of aryl methyl sites for hydroxylation is 1. The van der Waals surface area contributed by atoms with Crippen LogP contribution in [-0.2, 0) is 9.59 Å². The summed E-state index contributed by atoms with van der Waals surface area (Å²) in [6, 6.07) is 7.35. The van der Waals surface area contributed by atoms with E-state index in [1.54, 1.807) is 35.6 Å². The van der Waals surface area contributed by atoms with Crippen molar-refractivity contribution >= 4 is 63.4 Å². The van der Waals surface area contributed by atoms with Crippen molar-refractivity contribution in [1.82, 2.24) is 5.32 Å². The van der Waals surface area contributed by atoms with Crippen molar-refractivity contribution in [2.75, 3.05) is 17.8 Å². The van der Waals surface area contributed by atoms with Crippen molar-refractivity contribution in [3.8, 4) is 5.75 Å². The number of hydrogen-bond donors (Lipinski definition) is 1. The second-order valence-electron chi connectivity index (χ2n) is 6.98. The molecule has 1 aliphatic carbocycles. The number of nitrogens with zero attached hydrogens (tertiary/aromatic N) is 2. The third kappa shape index (κ3) is 4.55. The highest BCUT2D eigenvalue weighted by atomic mass is 35.5. The monoisotopic (exact) mass is 461 g/mol. The van der Waals surface area contributed by atoms with Gasteiger partial charge < -0.3 is 10.1 Å². The molecule has 0 saturated heterocycles. The number of nitrogens with one attached hydrogen (secondary N) is 1. The van der Waals surface area contributed by atoms with Gasteiger partial charge in [0.2, 0.25) is 5.91 Å². The molecule has 2 heterocycles. The number of hydrogen-bond acceptors (Lipinski definition) is 6. The molecule has 0 unspecified atom stereocenters. The molecule has 1 aromatic carbocycles. The van der Waals surface area contributed by atoms with E-state index in [9.17, 15) is 9.59 Å². The molecule has 0 spiro atoms. The zero-order valence-electron chi connectivity index (χ0n) is 16.5. The number of carbonyl (C=O) groups is 2. The third-order valence-electron chi connectivity index (χ3n) is 4.66. The first-order chi connectivity index (χ1) is 14.5. The molecule has 1 aliphatic heterocycles. The fraction of sp³-hybridized carbons (Fsp3) is 0.286. The molecule has 2 aromatic rings. The Labute approximate surface area is 188 Å². The van der Waals surface area contributed by atoms with Crippen molar-refractivity contribution in [1.29, 1.82) is 0 Å². The number of ether oxygens (including phenoxy) is 1. The Morgan fingerprint density at radius 2 is 2.23 bits per heavy atom. The predicted octanol–water partition coefficient (Wildman–Crippen LogP) is 4.47. The number of rotatable bonds is 6. The quantitative estimate of drug-likeness (QED) is 0.644. The number of carbonyl (C=O) groups excluding carboxylic acids is 2. The average molecular weight is 462 g/mol. The molecule has 30 heavy (non-hydrogen) atoms. The molecule has 1 aromatic heterocycles. The summed E-state index contributed by atoms with van der Waals surface area (Å²) in [6.07, 6.45) is 3.83. The predicted molar refractivity (Wildman–Crippen MR) is 124 cm³/mol. The van der Waals surface area contributed by atoms with Crippen molar-refractivity contribution < 1.29 is 14.3 Å². The maximum atomic E-state index is 13.3. The van der Waals surface area contributed by atoms with E-state index in [0.29, 0.717) is 27.3 Å². The van der Waals surface area contributed by atoms with Gasteiger partial charge in [-0.25, -0.2) is 9.89 Å². The van der Waals surface area contributed by atoms with Gasteiger partial charge in [0.15, 0.2) is 5.17 Å².